The molecule has 0 atom stereocenters. The molecule has 0 saturated carbocycles. The summed E-state index contributed by atoms with van der Waals surface area (Å²) in [7, 11) is 0. The molecule has 0 spiro atoms. The summed E-state index contributed by atoms with van der Waals surface area (Å²) in [5.41, 5.74) is 0.675. The van der Waals surface area contributed by atoms with Gasteiger partial charge in [0.05, 0.1) is 4.88 Å². The maximum Gasteiger partial charge on any atom is 0.226 e. The van der Waals surface area contributed by atoms with E-state index in [0.717, 1.165) is 10.7 Å². The number of anilines is 1. The number of aromatic nitrogens is 3. The summed E-state index contributed by atoms with van der Waals surface area (Å²) >= 11 is 6.86. The fourth-order valence-corrected chi connectivity index (χ4v) is 3.62. The minimum Gasteiger partial charge on any atom is -0.486 e. The Morgan fingerprint density at radius 1 is 1.31 bits per heavy atom. The second kappa shape index (κ2) is 7.30. The highest BCUT2D eigenvalue weighted by atomic mass is 32.1. The molecule has 0 fully saturated rings. The normalized spacial score (nSPS) is 12.8. The van der Waals surface area contributed by atoms with Crippen LogP contribution in [-0.4, -0.2) is 33.9 Å². The van der Waals surface area contributed by atoms with Gasteiger partial charge in [0.2, 0.25) is 5.91 Å². The first-order valence-electron chi connectivity index (χ1n) is 8.09. The highest BCUT2D eigenvalue weighted by Gasteiger charge is 2.14. The molecule has 0 aliphatic carbocycles. The molecule has 3 heterocycles. The minimum absolute atomic E-state index is 0.109. The standard InChI is InChI=1S/C17H16N4O3S2/c22-15(18-11-3-4-12-13(10-11)24-8-7-23-12)5-6-21-16(19-20-17(21)25)14-2-1-9-26-14/h1-4,9-10H,5-8H2,(H,18,22)(H,20,25). The summed E-state index contributed by atoms with van der Waals surface area (Å²) in [6.07, 6.45) is 0.278. The van der Waals surface area contributed by atoms with Gasteiger partial charge >= 0.3 is 0 Å². The molecule has 1 aliphatic heterocycles. The van der Waals surface area contributed by atoms with Crippen molar-refractivity contribution in [1.29, 1.82) is 0 Å². The second-order valence-corrected chi connectivity index (χ2v) is 6.97. The Hall–Kier alpha value is -2.65. The van der Waals surface area contributed by atoms with Gasteiger partial charge in [-0.3, -0.25) is 14.5 Å². The van der Waals surface area contributed by atoms with Crippen molar-refractivity contribution in [3.05, 3.63) is 40.5 Å². The predicted octanol–water partition coefficient (Wildman–Crippen LogP) is 3.47. The monoisotopic (exact) mass is 388 g/mol. The van der Waals surface area contributed by atoms with E-state index in [1.807, 2.05) is 22.1 Å². The summed E-state index contributed by atoms with van der Waals surface area (Å²) in [6, 6.07) is 9.29. The maximum absolute atomic E-state index is 12.3. The zero-order valence-electron chi connectivity index (χ0n) is 13.7. The molecular weight excluding hydrogens is 372 g/mol. The van der Waals surface area contributed by atoms with Gasteiger partial charge in [-0.2, -0.15) is 5.10 Å². The Morgan fingerprint density at radius 3 is 2.96 bits per heavy atom. The van der Waals surface area contributed by atoms with Crippen molar-refractivity contribution in [3.63, 3.8) is 0 Å². The van der Waals surface area contributed by atoms with Crippen LogP contribution in [0.1, 0.15) is 6.42 Å². The van der Waals surface area contributed by atoms with Crippen molar-refractivity contribution in [3.8, 4) is 22.2 Å². The number of carbonyl (C=O) groups excluding carboxylic acids is 1. The Kier molecular flexibility index (Phi) is 4.72. The van der Waals surface area contributed by atoms with Crippen LogP contribution in [0.4, 0.5) is 5.69 Å². The largest absolute Gasteiger partial charge is 0.486 e. The Bertz CT molecular complexity index is 978. The molecule has 9 heteroatoms. The van der Waals surface area contributed by atoms with E-state index in [1.165, 1.54) is 0 Å². The number of aromatic amines is 1. The molecule has 1 aromatic carbocycles. The lowest BCUT2D eigenvalue weighted by Gasteiger charge is -2.19. The SMILES string of the molecule is O=C(CCn1c(-c2cccs2)n[nH]c1=S)Nc1ccc2c(c1)OCCO2. The average molecular weight is 388 g/mol. The number of nitrogens with zero attached hydrogens (tertiary/aromatic N) is 2. The molecule has 134 valence electrons. The molecule has 1 aliphatic rings. The number of nitrogens with one attached hydrogen (secondary N) is 2. The molecule has 0 bridgehead atoms. The fraction of sp³-hybridized carbons (Fsp3) is 0.235. The Morgan fingerprint density at radius 2 is 2.15 bits per heavy atom. The summed E-state index contributed by atoms with van der Waals surface area (Å²) < 4.78 is 13.3. The zero-order valence-corrected chi connectivity index (χ0v) is 15.4. The van der Waals surface area contributed by atoms with Crippen LogP contribution in [0.2, 0.25) is 0 Å². The van der Waals surface area contributed by atoms with Gasteiger partial charge < -0.3 is 14.8 Å². The number of amides is 1. The average Bonchev–Trinajstić information content (AvgIpc) is 3.29. The van der Waals surface area contributed by atoms with Crippen LogP contribution >= 0.6 is 23.6 Å². The van der Waals surface area contributed by atoms with Crippen molar-refractivity contribution in [1.82, 2.24) is 14.8 Å². The van der Waals surface area contributed by atoms with Crippen LogP contribution in [0, 0.1) is 4.77 Å². The zero-order chi connectivity index (χ0) is 17.9. The van der Waals surface area contributed by atoms with E-state index in [2.05, 4.69) is 15.5 Å². The smallest absolute Gasteiger partial charge is 0.226 e. The van der Waals surface area contributed by atoms with Crippen molar-refractivity contribution in [2.45, 2.75) is 13.0 Å². The first-order valence-corrected chi connectivity index (χ1v) is 9.38. The molecule has 2 N–H and O–H groups in total. The number of carbonyl (C=O) groups is 1. The van der Waals surface area contributed by atoms with Gasteiger partial charge in [0.25, 0.3) is 0 Å². The minimum atomic E-state index is -0.109. The highest BCUT2D eigenvalue weighted by Crippen LogP contribution is 2.32. The van der Waals surface area contributed by atoms with Gasteiger partial charge in [-0.15, -0.1) is 11.3 Å². The van der Waals surface area contributed by atoms with Crippen molar-refractivity contribution in [2.24, 2.45) is 0 Å². The van der Waals surface area contributed by atoms with E-state index in [0.29, 0.717) is 41.7 Å². The molecule has 3 aromatic rings. The van der Waals surface area contributed by atoms with E-state index < -0.39 is 0 Å². The van der Waals surface area contributed by atoms with Crippen molar-refractivity contribution >= 4 is 35.1 Å². The lowest BCUT2D eigenvalue weighted by molar-refractivity contribution is -0.116. The number of H-pyrrole nitrogens is 1. The van der Waals surface area contributed by atoms with E-state index >= 15 is 0 Å². The maximum atomic E-state index is 12.3. The van der Waals surface area contributed by atoms with Crippen LogP contribution < -0.4 is 14.8 Å². The molecular formula is C17H16N4O3S2. The third-order valence-electron chi connectivity index (χ3n) is 3.89. The van der Waals surface area contributed by atoms with Gasteiger partial charge in [-0.05, 0) is 35.8 Å². The number of benzene rings is 1. The lowest BCUT2D eigenvalue weighted by atomic mass is 10.2. The van der Waals surface area contributed by atoms with Crippen LogP contribution in [0.15, 0.2) is 35.7 Å². The molecule has 2 aromatic heterocycles. The topological polar surface area (TPSA) is 81.2 Å². The van der Waals surface area contributed by atoms with Crippen molar-refractivity contribution < 1.29 is 14.3 Å². The second-order valence-electron chi connectivity index (χ2n) is 5.64. The van der Waals surface area contributed by atoms with E-state index in [9.17, 15) is 4.79 Å². The third kappa shape index (κ3) is 3.49. The lowest BCUT2D eigenvalue weighted by Crippen LogP contribution is -2.17. The summed E-state index contributed by atoms with van der Waals surface area (Å²) in [5, 5.41) is 11.9. The Labute approximate surface area is 158 Å². The highest BCUT2D eigenvalue weighted by molar-refractivity contribution is 7.71. The summed E-state index contributed by atoms with van der Waals surface area (Å²) in [5.74, 6) is 1.98. The number of rotatable bonds is 5. The molecule has 0 saturated heterocycles. The third-order valence-corrected chi connectivity index (χ3v) is 5.07. The molecule has 1 amide bonds. The van der Waals surface area contributed by atoms with Crippen molar-refractivity contribution in [2.75, 3.05) is 18.5 Å². The summed E-state index contributed by atoms with van der Waals surface area (Å²) in [4.78, 5) is 13.3. The summed E-state index contributed by atoms with van der Waals surface area (Å²) in [6.45, 7) is 1.49. The molecule has 26 heavy (non-hydrogen) atoms. The number of thiophene rings is 1. The first-order chi connectivity index (χ1) is 12.7. The van der Waals surface area contributed by atoms with Crippen LogP contribution in [-0.2, 0) is 11.3 Å². The van der Waals surface area contributed by atoms with Crippen LogP contribution in [0.3, 0.4) is 0 Å². The number of ether oxygens (including phenoxy) is 2. The fourth-order valence-electron chi connectivity index (χ4n) is 2.68. The van der Waals surface area contributed by atoms with Crippen LogP contribution in [0.5, 0.6) is 11.5 Å². The van der Waals surface area contributed by atoms with Gasteiger partial charge in [-0.25, -0.2) is 0 Å². The first kappa shape index (κ1) is 16.8. The number of hydrogen-bond acceptors (Lipinski definition) is 6. The molecule has 0 unspecified atom stereocenters. The quantitative estimate of drug-likeness (QED) is 0.654. The van der Waals surface area contributed by atoms with Gasteiger partial charge in [-0.1, -0.05) is 6.07 Å². The predicted molar refractivity (Wildman–Crippen MR) is 101 cm³/mol. The molecule has 0 radical (unpaired) electrons. The van der Waals surface area contributed by atoms with E-state index in [4.69, 9.17) is 21.7 Å². The number of fused-ring (bicyclic) bond motifs is 1. The Balaban J connectivity index is 1.42. The van der Waals surface area contributed by atoms with E-state index in [-0.39, 0.29) is 12.3 Å². The number of hydrogen-bond donors (Lipinski definition) is 2. The van der Waals surface area contributed by atoms with Gasteiger partial charge in [0, 0.05) is 24.7 Å². The van der Waals surface area contributed by atoms with Gasteiger partial charge in [0.1, 0.15) is 13.2 Å². The van der Waals surface area contributed by atoms with E-state index in [1.54, 1.807) is 29.5 Å². The molecule has 7 nitrogen and oxygen atoms in total. The molecule has 4 rings (SSSR count). The van der Waals surface area contributed by atoms with Gasteiger partial charge in [0.15, 0.2) is 22.1 Å². The van der Waals surface area contributed by atoms with Crippen LogP contribution in [0.25, 0.3) is 10.7 Å².